The Hall–Kier alpha value is 1.51. The quantitative estimate of drug-likeness (QED) is 0.452. The van der Waals surface area contributed by atoms with Gasteiger partial charge in [-0.15, -0.1) is 0 Å². The molecule has 0 aromatic rings. The standard InChI is InChI=1S/Co.Cu.Mn.H2O/h;;;1H2. The summed E-state index contributed by atoms with van der Waals surface area (Å²) in [6.45, 7) is 0. The molecule has 4 heavy (non-hydrogen) atoms. The summed E-state index contributed by atoms with van der Waals surface area (Å²) in [4.78, 5) is 0. The van der Waals surface area contributed by atoms with Crippen LogP contribution >= 0.6 is 0 Å². The molecule has 0 aliphatic carbocycles. The summed E-state index contributed by atoms with van der Waals surface area (Å²) in [7, 11) is 0. The van der Waals surface area contributed by atoms with Gasteiger partial charge in [0.2, 0.25) is 0 Å². The maximum atomic E-state index is 0. The van der Waals surface area contributed by atoms with E-state index in [2.05, 4.69) is 0 Å². The Labute approximate surface area is 56.4 Å². The second-order valence-electron chi connectivity index (χ2n) is 0. The van der Waals surface area contributed by atoms with E-state index in [-0.39, 0.29) is 56.4 Å². The molecule has 3 radical (unpaired) electrons. The van der Waals surface area contributed by atoms with Gasteiger partial charge in [-0.05, 0) is 0 Å². The Morgan fingerprint density at radius 3 is 1.00 bits per heavy atom. The maximum Gasteiger partial charge on any atom is 0 e. The van der Waals surface area contributed by atoms with Gasteiger partial charge in [-0.3, -0.25) is 0 Å². The Bertz CT molecular complexity index is 8.00. The summed E-state index contributed by atoms with van der Waals surface area (Å²) in [5.41, 5.74) is 0. The predicted octanol–water partition coefficient (Wildman–Crippen LogP) is -0.832. The van der Waals surface area contributed by atoms with Crippen molar-refractivity contribution in [2.24, 2.45) is 0 Å². The molecule has 0 unspecified atom stereocenters. The zero-order valence-corrected chi connectivity index (χ0v) is 4.68. The fourth-order valence-corrected chi connectivity index (χ4v) is 0. The van der Waals surface area contributed by atoms with Crippen molar-refractivity contribution in [1.82, 2.24) is 0 Å². The van der Waals surface area contributed by atoms with Gasteiger partial charge >= 0.3 is 0 Å². The van der Waals surface area contributed by atoms with Crippen LogP contribution in [0, 0.1) is 0 Å². The summed E-state index contributed by atoms with van der Waals surface area (Å²) in [6.07, 6.45) is 0. The van der Waals surface area contributed by atoms with Crippen LogP contribution in [0.4, 0.5) is 0 Å². The predicted molar refractivity (Wildman–Crippen MR) is 3.61 cm³/mol. The van der Waals surface area contributed by atoms with Crippen molar-refractivity contribution in [1.29, 1.82) is 0 Å². The average molecular weight is 195 g/mol. The van der Waals surface area contributed by atoms with E-state index in [1.54, 1.807) is 0 Å². The van der Waals surface area contributed by atoms with Crippen molar-refractivity contribution in [3.63, 3.8) is 0 Å². The van der Waals surface area contributed by atoms with Crippen LogP contribution in [0.15, 0.2) is 0 Å². The van der Waals surface area contributed by atoms with Gasteiger partial charge in [0.05, 0.1) is 0 Å². The first-order valence-electron chi connectivity index (χ1n) is 0. The first-order chi connectivity index (χ1) is 0. The van der Waals surface area contributed by atoms with E-state index in [9.17, 15) is 0 Å². The SMILES string of the molecule is O.[Co].[Cu].[Mn]. The van der Waals surface area contributed by atoms with Crippen molar-refractivity contribution in [2.45, 2.75) is 0 Å². The van der Waals surface area contributed by atoms with Crippen LogP contribution in [0.5, 0.6) is 0 Å². The van der Waals surface area contributed by atoms with E-state index in [1.165, 1.54) is 0 Å². The number of rotatable bonds is 0. The molecule has 0 saturated heterocycles. The van der Waals surface area contributed by atoms with Crippen LogP contribution in [-0.4, -0.2) is 5.48 Å². The smallest absolute Gasteiger partial charge is 0 e. The largest absolute Gasteiger partial charge is 0.412 e. The van der Waals surface area contributed by atoms with Crippen LogP contribution in [0.1, 0.15) is 0 Å². The molecule has 0 fully saturated rings. The third-order valence-electron chi connectivity index (χ3n) is 0. The third kappa shape index (κ3) is 9.71. The molecule has 0 atom stereocenters. The van der Waals surface area contributed by atoms with Gasteiger partial charge in [-0.25, -0.2) is 0 Å². The van der Waals surface area contributed by atoms with E-state index in [1.807, 2.05) is 0 Å². The van der Waals surface area contributed by atoms with Crippen LogP contribution in [0.2, 0.25) is 0 Å². The van der Waals surface area contributed by atoms with Gasteiger partial charge in [-0.1, -0.05) is 0 Å². The molecule has 35 valence electrons. The second-order valence-corrected chi connectivity index (χ2v) is 0. The van der Waals surface area contributed by atoms with Crippen molar-refractivity contribution in [2.75, 3.05) is 0 Å². The molecular weight excluding hydrogens is 193 g/mol. The minimum atomic E-state index is 0. The fourth-order valence-electron chi connectivity index (χ4n) is 0. The summed E-state index contributed by atoms with van der Waals surface area (Å²) in [5.74, 6) is 0. The number of hydrogen-bond acceptors (Lipinski definition) is 0. The minimum Gasteiger partial charge on any atom is -0.412 e. The molecule has 0 aliphatic rings. The summed E-state index contributed by atoms with van der Waals surface area (Å²) in [5, 5.41) is 0. The van der Waals surface area contributed by atoms with Crippen LogP contribution in [0.3, 0.4) is 0 Å². The zero-order valence-electron chi connectivity index (χ0n) is 1.51. The topological polar surface area (TPSA) is 31.5 Å². The maximum absolute atomic E-state index is 0. The molecule has 0 aromatic heterocycles. The Morgan fingerprint density at radius 2 is 1.00 bits per heavy atom. The van der Waals surface area contributed by atoms with Crippen LogP contribution < -0.4 is 0 Å². The zero-order chi connectivity index (χ0) is 0. The average Bonchev–Trinajstić information content (AvgIpc) is 0. The van der Waals surface area contributed by atoms with Crippen molar-refractivity contribution < 1.29 is 56.4 Å². The van der Waals surface area contributed by atoms with Gasteiger partial charge in [0.1, 0.15) is 0 Å². The van der Waals surface area contributed by atoms with Gasteiger partial charge < -0.3 is 5.48 Å². The normalized spacial score (nSPS) is 0. The first kappa shape index (κ1) is 49.3. The molecule has 0 spiro atoms. The van der Waals surface area contributed by atoms with E-state index in [0.29, 0.717) is 0 Å². The Morgan fingerprint density at radius 1 is 1.00 bits per heavy atom. The second kappa shape index (κ2) is 24.4. The van der Waals surface area contributed by atoms with Crippen molar-refractivity contribution in [3.05, 3.63) is 0 Å². The van der Waals surface area contributed by atoms with E-state index in [4.69, 9.17) is 0 Å². The summed E-state index contributed by atoms with van der Waals surface area (Å²) < 4.78 is 0. The van der Waals surface area contributed by atoms with E-state index in [0.717, 1.165) is 0 Å². The van der Waals surface area contributed by atoms with Crippen molar-refractivity contribution in [3.8, 4) is 0 Å². The molecule has 0 rings (SSSR count). The van der Waals surface area contributed by atoms with Crippen LogP contribution in [0.25, 0.3) is 0 Å². The van der Waals surface area contributed by atoms with Gasteiger partial charge in [0.25, 0.3) is 0 Å². The molecule has 0 heterocycles. The van der Waals surface area contributed by atoms with E-state index < -0.39 is 0 Å². The van der Waals surface area contributed by atoms with E-state index >= 15 is 0 Å². The monoisotopic (exact) mass is 195 g/mol. The van der Waals surface area contributed by atoms with Gasteiger partial charge in [0.15, 0.2) is 0 Å². The molecule has 0 amide bonds. The first-order valence-corrected chi connectivity index (χ1v) is 0. The van der Waals surface area contributed by atoms with Gasteiger partial charge in [-0.2, -0.15) is 0 Å². The summed E-state index contributed by atoms with van der Waals surface area (Å²) >= 11 is 0. The Kier molecular flexibility index (Phi) is 301. The molecule has 0 saturated carbocycles. The third-order valence-corrected chi connectivity index (χ3v) is 0. The Balaban J connectivity index is 0. The molecule has 4 heteroatoms. The van der Waals surface area contributed by atoms with Crippen LogP contribution in [-0.2, 0) is 50.9 Å². The molecule has 2 N–H and O–H groups in total. The summed E-state index contributed by atoms with van der Waals surface area (Å²) in [6, 6.07) is 0. The molecule has 0 aromatic carbocycles. The minimum absolute atomic E-state index is 0. The molecule has 0 aliphatic heterocycles. The van der Waals surface area contributed by atoms with Crippen molar-refractivity contribution >= 4 is 0 Å². The number of hydrogen-bond donors (Lipinski definition) is 0. The molecule has 1 nitrogen and oxygen atoms in total. The molecular formula is H2CoCuMnO. The fraction of sp³-hybridized carbons (Fsp3) is 0. The molecule has 0 bridgehead atoms. The van der Waals surface area contributed by atoms with Gasteiger partial charge in [0, 0.05) is 50.9 Å².